The average Bonchev–Trinajstić information content (AvgIpc) is 3.51. The molecule has 0 aromatic heterocycles. The first-order chi connectivity index (χ1) is 23.7. The standard InChI is InChI=1S/C38H44N4O7/c1-38(2)19-27-36(29(43)20-38)37(25-17-32(46-4)33(47-5)18-31(25)45-3)42(28-9-7-6-8-26(28)39-27)22-35(44)41-14-12-40(13-15-41)21-24-10-11-30-34(16-24)49-23-48-30/h6-11,16-18,37,39H,12-15,19-23H2,1-5H3. The van der Waals surface area contributed by atoms with Crippen LogP contribution in [0, 0.1) is 5.41 Å². The fraction of sp³-hybridized carbons (Fsp3) is 0.421. The van der Waals surface area contributed by atoms with Crippen LogP contribution in [0.5, 0.6) is 28.7 Å². The number of hydrogen-bond acceptors (Lipinski definition) is 10. The Bertz CT molecular complexity index is 1800. The molecule has 7 rings (SSSR count). The van der Waals surface area contributed by atoms with Crippen LogP contribution in [-0.2, 0) is 16.1 Å². The van der Waals surface area contributed by atoms with E-state index in [-0.39, 0.29) is 30.4 Å². The number of fused-ring (bicyclic) bond motifs is 2. The Hall–Kier alpha value is -4.90. The molecule has 1 atom stereocenters. The zero-order chi connectivity index (χ0) is 34.3. The molecule has 11 nitrogen and oxygen atoms in total. The minimum Gasteiger partial charge on any atom is -0.496 e. The largest absolute Gasteiger partial charge is 0.496 e. The maximum Gasteiger partial charge on any atom is 0.242 e. The van der Waals surface area contributed by atoms with Crippen molar-refractivity contribution in [3.63, 3.8) is 0 Å². The minimum absolute atomic E-state index is 0.00499. The van der Waals surface area contributed by atoms with Gasteiger partial charge in [0.1, 0.15) is 5.75 Å². The van der Waals surface area contributed by atoms with Crippen molar-refractivity contribution < 1.29 is 33.3 Å². The van der Waals surface area contributed by atoms with Gasteiger partial charge >= 0.3 is 0 Å². The Balaban J connectivity index is 1.22. The van der Waals surface area contributed by atoms with Crippen molar-refractivity contribution in [2.45, 2.75) is 39.3 Å². The number of ketones is 1. The molecule has 1 amide bonds. The van der Waals surface area contributed by atoms with Gasteiger partial charge in [0.15, 0.2) is 28.8 Å². The number of para-hydroxylation sites is 2. The normalized spacial score (nSPS) is 19.9. The summed E-state index contributed by atoms with van der Waals surface area (Å²) in [6.07, 6.45) is 1.07. The lowest BCUT2D eigenvalue weighted by Crippen LogP contribution is -2.51. The van der Waals surface area contributed by atoms with E-state index < -0.39 is 6.04 Å². The van der Waals surface area contributed by atoms with E-state index in [0.29, 0.717) is 48.8 Å². The van der Waals surface area contributed by atoms with Crippen molar-refractivity contribution in [1.82, 2.24) is 9.80 Å². The lowest BCUT2D eigenvalue weighted by Gasteiger charge is -2.40. The Morgan fingerprint density at radius 3 is 2.35 bits per heavy atom. The molecular formula is C38H44N4O7. The fourth-order valence-electron chi connectivity index (χ4n) is 7.52. The van der Waals surface area contributed by atoms with E-state index in [1.165, 1.54) is 0 Å². The second kappa shape index (κ2) is 13.2. The van der Waals surface area contributed by atoms with Gasteiger partial charge < -0.3 is 38.8 Å². The highest BCUT2D eigenvalue weighted by Crippen LogP contribution is 2.51. The van der Waals surface area contributed by atoms with Gasteiger partial charge in [0.05, 0.1) is 45.3 Å². The van der Waals surface area contributed by atoms with Crippen LogP contribution in [0.2, 0.25) is 0 Å². The smallest absolute Gasteiger partial charge is 0.242 e. The summed E-state index contributed by atoms with van der Waals surface area (Å²) < 4.78 is 28.3. The predicted octanol–water partition coefficient (Wildman–Crippen LogP) is 5.40. The molecule has 0 spiro atoms. The fourth-order valence-corrected chi connectivity index (χ4v) is 7.52. The minimum atomic E-state index is -0.624. The van der Waals surface area contributed by atoms with Crippen molar-refractivity contribution in [2.24, 2.45) is 5.41 Å². The van der Waals surface area contributed by atoms with E-state index in [1.54, 1.807) is 27.4 Å². The van der Waals surface area contributed by atoms with Crippen molar-refractivity contribution in [1.29, 1.82) is 0 Å². The van der Waals surface area contributed by atoms with Gasteiger partial charge in [-0.3, -0.25) is 14.5 Å². The highest BCUT2D eigenvalue weighted by Gasteiger charge is 2.43. The molecule has 258 valence electrons. The van der Waals surface area contributed by atoms with E-state index in [2.05, 4.69) is 35.0 Å². The molecule has 0 bridgehead atoms. The second-order valence-electron chi connectivity index (χ2n) is 13.8. The topological polar surface area (TPSA) is 102 Å². The number of carbonyl (C=O) groups excluding carboxylic acids is 2. The number of carbonyl (C=O) groups is 2. The van der Waals surface area contributed by atoms with Crippen LogP contribution in [0.4, 0.5) is 11.4 Å². The maximum atomic E-state index is 14.3. The van der Waals surface area contributed by atoms with Crippen LogP contribution in [0.1, 0.15) is 43.9 Å². The summed E-state index contributed by atoms with van der Waals surface area (Å²) in [7, 11) is 4.77. The van der Waals surface area contributed by atoms with Crippen LogP contribution in [0.15, 0.2) is 65.9 Å². The van der Waals surface area contributed by atoms with Gasteiger partial charge in [0, 0.05) is 62.0 Å². The zero-order valence-electron chi connectivity index (χ0n) is 28.8. The van der Waals surface area contributed by atoms with E-state index >= 15 is 0 Å². The van der Waals surface area contributed by atoms with Gasteiger partial charge in [-0.15, -0.1) is 0 Å². The summed E-state index contributed by atoms with van der Waals surface area (Å²) in [6, 6.07) is 17.0. The predicted molar refractivity (Wildman–Crippen MR) is 186 cm³/mol. The summed E-state index contributed by atoms with van der Waals surface area (Å²) in [5, 5.41) is 3.64. The number of rotatable bonds is 8. The number of anilines is 2. The molecule has 1 fully saturated rings. The van der Waals surface area contributed by atoms with Gasteiger partial charge in [-0.1, -0.05) is 32.0 Å². The number of piperazine rings is 1. The number of hydrogen-bond donors (Lipinski definition) is 1. The highest BCUT2D eigenvalue weighted by molar-refractivity contribution is 6.02. The molecule has 1 unspecified atom stereocenters. The van der Waals surface area contributed by atoms with Crippen molar-refractivity contribution in [2.75, 3.05) is 71.1 Å². The van der Waals surface area contributed by atoms with E-state index in [1.807, 2.05) is 47.4 Å². The molecule has 49 heavy (non-hydrogen) atoms. The van der Waals surface area contributed by atoms with Gasteiger partial charge in [-0.2, -0.15) is 0 Å². The molecule has 3 aromatic rings. The lowest BCUT2D eigenvalue weighted by molar-refractivity contribution is -0.131. The molecular weight excluding hydrogens is 624 g/mol. The van der Waals surface area contributed by atoms with Gasteiger partial charge in [-0.25, -0.2) is 0 Å². The third-order valence-electron chi connectivity index (χ3n) is 9.91. The number of Topliss-reactive ketones (excluding diaryl/α,β-unsaturated/α-hetero) is 1. The third-order valence-corrected chi connectivity index (χ3v) is 9.91. The monoisotopic (exact) mass is 668 g/mol. The quantitative estimate of drug-likeness (QED) is 0.336. The number of methoxy groups -OCH3 is 3. The molecule has 4 aliphatic rings. The maximum absolute atomic E-state index is 14.3. The number of allylic oxidation sites excluding steroid dienone is 1. The Labute approximate surface area is 287 Å². The second-order valence-corrected chi connectivity index (χ2v) is 13.8. The van der Waals surface area contributed by atoms with Gasteiger partial charge in [0.2, 0.25) is 12.7 Å². The van der Waals surface area contributed by atoms with Gasteiger partial charge in [0.25, 0.3) is 0 Å². The van der Waals surface area contributed by atoms with Crippen LogP contribution in [0.25, 0.3) is 0 Å². The SMILES string of the molecule is COc1cc(OC)c(C2C3=C(CC(C)(C)CC3=O)Nc3ccccc3N2CC(=O)N2CCN(Cc3ccc4c(c3)OCO4)CC2)cc1OC. The zero-order valence-corrected chi connectivity index (χ0v) is 28.8. The van der Waals surface area contributed by atoms with Gasteiger partial charge in [-0.05, 0) is 47.7 Å². The highest BCUT2D eigenvalue weighted by atomic mass is 16.7. The molecule has 1 saturated heterocycles. The van der Waals surface area contributed by atoms with Crippen LogP contribution in [0.3, 0.4) is 0 Å². The first kappa shape index (κ1) is 32.6. The molecule has 11 heteroatoms. The number of benzene rings is 3. The summed E-state index contributed by atoms with van der Waals surface area (Å²) in [5.41, 5.74) is 4.83. The van der Waals surface area contributed by atoms with Crippen molar-refractivity contribution >= 4 is 23.1 Å². The molecule has 0 saturated carbocycles. The Morgan fingerprint density at radius 2 is 1.59 bits per heavy atom. The average molecular weight is 669 g/mol. The molecule has 1 aliphatic carbocycles. The lowest BCUT2D eigenvalue weighted by atomic mass is 9.73. The van der Waals surface area contributed by atoms with Crippen LogP contribution in [-0.4, -0.2) is 82.3 Å². The summed E-state index contributed by atoms with van der Waals surface area (Å²) in [6.45, 7) is 8.00. The molecule has 3 heterocycles. The van der Waals surface area contributed by atoms with Crippen LogP contribution < -0.4 is 33.9 Å². The van der Waals surface area contributed by atoms with Crippen molar-refractivity contribution in [3.8, 4) is 28.7 Å². The Kier molecular flexibility index (Phi) is 8.79. The van der Waals surface area contributed by atoms with E-state index in [4.69, 9.17) is 23.7 Å². The number of amides is 1. The van der Waals surface area contributed by atoms with E-state index in [9.17, 15) is 9.59 Å². The number of nitrogens with one attached hydrogen (secondary N) is 1. The first-order valence-corrected chi connectivity index (χ1v) is 16.8. The Morgan fingerprint density at radius 1 is 0.878 bits per heavy atom. The summed E-state index contributed by atoms with van der Waals surface area (Å²) >= 11 is 0. The number of ether oxygens (including phenoxy) is 5. The molecule has 1 N–H and O–H groups in total. The summed E-state index contributed by atoms with van der Waals surface area (Å²) in [5.74, 6) is 3.16. The first-order valence-electron chi connectivity index (χ1n) is 16.8. The third kappa shape index (κ3) is 6.35. The van der Waals surface area contributed by atoms with Crippen LogP contribution >= 0.6 is 0 Å². The van der Waals surface area contributed by atoms with Crippen molar-refractivity contribution in [3.05, 3.63) is 77.0 Å². The number of nitrogens with zero attached hydrogens (tertiary/aromatic N) is 3. The van der Waals surface area contributed by atoms with E-state index in [0.717, 1.165) is 59.3 Å². The summed E-state index contributed by atoms with van der Waals surface area (Å²) in [4.78, 5) is 34.9. The molecule has 3 aromatic carbocycles. The molecule has 3 aliphatic heterocycles. The molecule has 0 radical (unpaired) electrons.